The first-order valence-corrected chi connectivity index (χ1v) is 8.27. The molecule has 0 heterocycles. The van der Waals surface area contributed by atoms with Gasteiger partial charge in [-0.1, -0.05) is 20.3 Å². The molecule has 0 aromatic heterocycles. The zero-order chi connectivity index (χ0) is 12.5. The summed E-state index contributed by atoms with van der Waals surface area (Å²) in [5.74, 6) is 4.29. The van der Waals surface area contributed by atoms with Gasteiger partial charge < -0.3 is 5.11 Å². The fraction of sp³-hybridized carbons (Fsp3) is 1.00. The third-order valence-corrected chi connectivity index (χ3v) is 7.53. The van der Waals surface area contributed by atoms with Gasteiger partial charge in [0.2, 0.25) is 0 Å². The van der Waals surface area contributed by atoms with Crippen LogP contribution in [0, 0.1) is 35.0 Å². The molecule has 4 aliphatic rings. The monoisotopic (exact) mass is 248 g/mol. The molecular weight excluding hydrogens is 220 g/mol. The van der Waals surface area contributed by atoms with E-state index in [1.165, 1.54) is 38.5 Å². The van der Waals surface area contributed by atoms with E-state index in [4.69, 9.17) is 0 Å². The van der Waals surface area contributed by atoms with Crippen molar-refractivity contribution in [2.75, 3.05) is 0 Å². The van der Waals surface area contributed by atoms with Crippen LogP contribution in [0.1, 0.15) is 65.2 Å². The minimum absolute atomic E-state index is 0.272. The van der Waals surface area contributed by atoms with Crippen molar-refractivity contribution >= 4 is 0 Å². The average Bonchev–Trinajstić information content (AvgIpc) is 2.34. The first-order valence-electron chi connectivity index (χ1n) is 8.27. The zero-order valence-corrected chi connectivity index (χ0v) is 12.0. The molecule has 0 aromatic carbocycles. The van der Waals surface area contributed by atoms with E-state index in [2.05, 4.69) is 13.8 Å². The molecule has 4 rings (SSSR count). The van der Waals surface area contributed by atoms with Gasteiger partial charge in [0.15, 0.2) is 0 Å². The molecule has 1 nitrogen and oxygen atoms in total. The predicted octanol–water partition coefficient (Wildman–Crippen LogP) is 4.00. The second-order valence-electron chi connectivity index (χ2n) is 8.32. The van der Waals surface area contributed by atoms with Crippen molar-refractivity contribution < 1.29 is 5.11 Å². The quantitative estimate of drug-likeness (QED) is 0.743. The summed E-state index contributed by atoms with van der Waals surface area (Å²) in [4.78, 5) is 0. The van der Waals surface area contributed by atoms with Crippen molar-refractivity contribution in [3.8, 4) is 0 Å². The molecule has 0 radical (unpaired) electrons. The maximum Gasteiger partial charge on any atom is 0.0684 e. The van der Waals surface area contributed by atoms with E-state index < -0.39 is 0 Å². The number of hydrogen-bond acceptors (Lipinski definition) is 1. The molecule has 1 heteroatoms. The zero-order valence-electron chi connectivity index (χ0n) is 12.0. The molecule has 4 bridgehead atoms. The Morgan fingerprint density at radius 1 is 1.11 bits per heavy atom. The van der Waals surface area contributed by atoms with Gasteiger partial charge >= 0.3 is 0 Å². The molecule has 4 fully saturated rings. The van der Waals surface area contributed by atoms with Gasteiger partial charge in [0.05, 0.1) is 5.60 Å². The Balaban J connectivity index is 1.80. The van der Waals surface area contributed by atoms with Crippen LogP contribution in [0.4, 0.5) is 0 Å². The van der Waals surface area contributed by atoms with Crippen LogP contribution in [0.25, 0.3) is 0 Å². The van der Waals surface area contributed by atoms with Crippen LogP contribution in [0.15, 0.2) is 0 Å². The SMILES string of the molecule is CCC1CC2CC3(O)CCC4CC1C(C)(C2)C3C4. The third-order valence-electron chi connectivity index (χ3n) is 7.53. The third kappa shape index (κ3) is 1.32. The van der Waals surface area contributed by atoms with Crippen LogP contribution in [0.3, 0.4) is 0 Å². The van der Waals surface area contributed by atoms with E-state index in [1.807, 2.05) is 0 Å². The molecule has 0 spiro atoms. The van der Waals surface area contributed by atoms with Crippen LogP contribution < -0.4 is 0 Å². The molecule has 4 saturated carbocycles. The van der Waals surface area contributed by atoms with Crippen LogP contribution in [0.5, 0.6) is 0 Å². The largest absolute Gasteiger partial charge is 0.390 e. The highest BCUT2D eigenvalue weighted by molar-refractivity contribution is 5.13. The highest BCUT2D eigenvalue weighted by Gasteiger charge is 2.63. The Morgan fingerprint density at radius 2 is 1.94 bits per heavy atom. The summed E-state index contributed by atoms with van der Waals surface area (Å²) in [6.45, 7) is 4.94. The first kappa shape index (κ1) is 11.8. The number of aliphatic hydroxyl groups is 1. The molecule has 102 valence electrons. The van der Waals surface area contributed by atoms with Crippen LogP contribution >= 0.6 is 0 Å². The van der Waals surface area contributed by atoms with E-state index in [9.17, 15) is 5.11 Å². The fourth-order valence-corrected chi connectivity index (χ4v) is 6.96. The van der Waals surface area contributed by atoms with E-state index in [0.29, 0.717) is 11.3 Å². The molecular formula is C17H28O. The van der Waals surface area contributed by atoms with Gasteiger partial charge in [0, 0.05) is 0 Å². The van der Waals surface area contributed by atoms with Crippen molar-refractivity contribution in [1.82, 2.24) is 0 Å². The second-order valence-corrected chi connectivity index (χ2v) is 8.32. The minimum atomic E-state index is -0.272. The smallest absolute Gasteiger partial charge is 0.0684 e. The summed E-state index contributed by atoms with van der Waals surface area (Å²) < 4.78 is 0. The Labute approximate surface area is 111 Å². The van der Waals surface area contributed by atoms with Crippen molar-refractivity contribution in [1.29, 1.82) is 0 Å². The number of rotatable bonds is 1. The highest BCUT2D eigenvalue weighted by Crippen LogP contribution is 2.68. The molecule has 18 heavy (non-hydrogen) atoms. The van der Waals surface area contributed by atoms with Gasteiger partial charge in [-0.25, -0.2) is 0 Å². The summed E-state index contributed by atoms with van der Waals surface area (Å²) >= 11 is 0. The van der Waals surface area contributed by atoms with E-state index in [-0.39, 0.29) is 5.60 Å². The van der Waals surface area contributed by atoms with Gasteiger partial charge in [-0.05, 0) is 80.0 Å². The lowest BCUT2D eigenvalue weighted by Crippen LogP contribution is -2.64. The Morgan fingerprint density at radius 3 is 2.72 bits per heavy atom. The first-order chi connectivity index (χ1) is 8.55. The molecule has 0 aromatic rings. The maximum absolute atomic E-state index is 11.2. The van der Waals surface area contributed by atoms with E-state index >= 15 is 0 Å². The van der Waals surface area contributed by atoms with Gasteiger partial charge in [-0.2, -0.15) is 0 Å². The average molecular weight is 248 g/mol. The predicted molar refractivity (Wildman–Crippen MR) is 73.1 cm³/mol. The van der Waals surface area contributed by atoms with E-state index in [0.717, 1.165) is 36.5 Å². The lowest BCUT2D eigenvalue weighted by atomic mass is 9.39. The molecule has 7 unspecified atom stereocenters. The molecule has 7 atom stereocenters. The molecule has 1 N–H and O–H groups in total. The maximum atomic E-state index is 11.2. The van der Waals surface area contributed by atoms with Gasteiger partial charge in [-0.3, -0.25) is 0 Å². The normalized spacial score (nSPS) is 61.8. The highest BCUT2D eigenvalue weighted by atomic mass is 16.3. The van der Waals surface area contributed by atoms with Crippen LogP contribution in [-0.2, 0) is 0 Å². The fourth-order valence-electron chi connectivity index (χ4n) is 6.96. The Kier molecular flexibility index (Phi) is 2.31. The summed E-state index contributed by atoms with van der Waals surface area (Å²) in [7, 11) is 0. The number of hydrogen-bond donors (Lipinski definition) is 1. The van der Waals surface area contributed by atoms with Crippen molar-refractivity contribution in [2.24, 2.45) is 35.0 Å². The molecule has 4 aliphatic carbocycles. The summed E-state index contributed by atoms with van der Waals surface area (Å²) in [5, 5.41) is 11.2. The molecule has 0 saturated heterocycles. The molecule has 0 amide bonds. The van der Waals surface area contributed by atoms with Gasteiger partial charge in [0.25, 0.3) is 0 Å². The standard InChI is InChI=1S/C17H28O/c1-3-13-6-12-9-16(2)14(13)7-11-4-5-17(18,10-12)15(16)8-11/h11-15,18H,3-10H2,1-2H3. The van der Waals surface area contributed by atoms with Crippen molar-refractivity contribution in [2.45, 2.75) is 70.8 Å². The molecule has 0 aliphatic heterocycles. The second kappa shape index (κ2) is 3.53. The summed E-state index contributed by atoms with van der Waals surface area (Å²) in [5.41, 5.74) is 0.207. The van der Waals surface area contributed by atoms with Gasteiger partial charge in [-0.15, -0.1) is 0 Å². The van der Waals surface area contributed by atoms with Crippen LogP contribution in [0.2, 0.25) is 0 Å². The van der Waals surface area contributed by atoms with Crippen LogP contribution in [-0.4, -0.2) is 10.7 Å². The number of fused-ring (bicyclic) bond motifs is 2. The van der Waals surface area contributed by atoms with Crippen molar-refractivity contribution in [3.05, 3.63) is 0 Å². The van der Waals surface area contributed by atoms with Gasteiger partial charge in [0.1, 0.15) is 0 Å². The Hall–Kier alpha value is -0.0400. The summed E-state index contributed by atoms with van der Waals surface area (Å²) in [6, 6.07) is 0. The Bertz CT molecular complexity index is 363. The van der Waals surface area contributed by atoms with Crippen molar-refractivity contribution in [3.63, 3.8) is 0 Å². The topological polar surface area (TPSA) is 20.2 Å². The minimum Gasteiger partial charge on any atom is -0.390 e. The van der Waals surface area contributed by atoms with E-state index in [1.54, 1.807) is 0 Å². The summed E-state index contributed by atoms with van der Waals surface area (Å²) in [6.07, 6.45) is 10.6. The lowest BCUT2D eigenvalue weighted by Gasteiger charge is -2.67. The lowest BCUT2D eigenvalue weighted by molar-refractivity contribution is -0.228.